The number of rotatable bonds is 5. The molecule has 2 aliphatic carbocycles. The minimum Gasteiger partial charge on any atom is -0.376 e. The summed E-state index contributed by atoms with van der Waals surface area (Å²) in [5.41, 5.74) is 2.02. The van der Waals surface area contributed by atoms with E-state index in [4.69, 9.17) is 41.9 Å². The van der Waals surface area contributed by atoms with Crippen molar-refractivity contribution in [1.29, 1.82) is 0 Å². The van der Waals surface area contributed by atoms with Gasteiger partial charge in [0.05, 0.1) is 47.7 Å². The average molecular weight is 452 g/mol. The summed E-state index contributed by atoms with van der Waals surface area (Å²) < 4.78 is 24.4. The Morgan fingerprint density at radius 1 is 1.03 bits per heavy atom. The lowest BCUT2D eigenvalue weighted by atomic mass is 9.94. The molecule has 3 aliphatic rings. The molecule has 5 rings (SSSR count). The van der Waals surface area contributed by atoms with Crippen LogP contribution in [0, 0.1) is 0 Å². The minimum absolute atomic E-state index is 0.215. The van der Waals surface area contributed by atoms with Gasteiger partial charge in [-0.25, -0.2) is 0 Å². The molecule has 2 atom stereocenters. The SMILES string of the molecule is CC1(OCc2c(-c3c(Cl)cccc3Cl)noc2C2CC2)C[C@@H]2CC[C@@H](C1)OCCO2. The maximum Gasteiger partial charge on any atom is 0.145 e. The molecule has 0 unspecified atom stereocenters. The van der Waals surface area contributed by atoms with E-state index >= 15 is 0 Å². The predicted molar refractivity (Wildman–Crippen MR) is 115 cm³/mol. The molecule has 2 saturated carbocycles. The fraction of sp³-hybridized carbons (Fsp3) is 0.609. The first-order chi connectivity index (χ1) is 14.5. The Morgan fingerprint density at radius 3 is 2.27 bits per heavy atom. The zero-order valence-electron chi connectivity index (χ0n) is 17.2. The molecule has 0 radical (unpaired) electrons. The molecular weight excluding hydrogens is 425 g/mol. The molecule has 0 N–H and O–H groups in total. The molecule has 1 aromatic carbocycles. The Morgan fingerprint density at radius 2 is 1.67 bits per heavy atom. The summed E-state index contributed by atoms with van der Waals surface area (Å²) >= 11 is 13.0. The Kier molecular flexibility index (Phi) is 5.84. The van der Waals surface area contributed by atoms with E-state index in [1.165, 1.54) is 0 Å². The maximum atomic E-state index is 6.60. The van der Waals surface area contributed by atoms with E-state index < -0.39 is 0 Å². The van der Waals surface area contributed by atoms with Crippen LogP contribution in [0.5, 0.6) is 0 Å². The van der Waals surface area contributed by atoms with Gasteiger partial charge in [-0.05, 0) is 44.7 Å². The van der Waals surface area contributed by atoms with Gasteiger partial charge in [0.25, 0.3) is 0 Å². The number of hydrogen-bond donors (Lipinski definition) is 0. The Balaban J connectivity index is 1.44. The highest BCUT2D eigenvalue weighted by Crippen LogP contribution is 2.46. The molecule has 0 amide bonds. The highest BCUT2D eigenvalue weighted by Gasteiger charge is 2.39. The third kappa shape index (κ3) is 4.28. The summed E-state index contributed by atoms with van der Waals surface area (Å²) in [7, 11) is 0. The van der Waals surface area contributed by atoms with Crippen LogP contribution in [0.3, 0.4) is 0 Å². The fourth-order valence-electron chi connectivity index (χ4n) is 4.75. The first kappa shape index (κ1) is 20.8. The van der Waals surface area contributed by atoms with Gasteiger partial charge in [0, 0.05) is 29.9 Å². The molecule has 1 saturated heterocycles. The van der Waals surface area contributed by atoms with Crippen LogP contribution in [0.25, 0.3) is 11.3 Å². The third-order valence-electron chi connectivity index (χ3n) is 6.45. The number of hydrogen-bond acceptors (Lipinski definition) is 5. The van der Waals surface area contributed by atoms with Crippen LogP contribution in [0.15, 0.2) is 22.7 Å². The van der Waals surface area contributed by atoms with Gasteiger partial charge in [-0.15, -0.1) is 0 Å². The molecule has 3 fully saturated rings. The van der Waals surface area contributed by atoms with Crippen molar-refractivity contribution in [1.82, 2.24) is 5.16 Å². The molecule has 2 heterocycles. The molecule has 1 aromatic heterocycles. The second-order valence-electron chi connectivity index (χ2n) is 8.95. The van der Waals surface area contributed by atoms with Crippen LogP contribution in [-0.4, -0.2) is 36.2 Å². The van der Waals surface area contributed by atoms with Crippen molar-refractivity contribution in [3.05, 3.63) is 39.6 Å². The van der Waals surface area contributed by atoms with Crippen molar-refractivity contribution in [2.24, 2.45) is 0 Å². The number of ether oxygens (including phenoxy) is 3. The van der Waals surface area contributed by atoms with E-state index in [1.807, 2.05) is 18.2 Å². The number of aromatic nitrogens is 1. The van der Waals surface area contributed by atoms with E-state index in [0.29, 0.717) is 47.0 Å². The van der Waals surface area contributed by atoms with Crippen LogP contribution in [0.4, 0.5) is 0 Å². The van der Waals surface area contributed by atoms with Gasteiger partial charge in [-0.1, -0.05) is 34.4 Å². The molecule has 5 nitrogen and oxygen atoms in total. The Labute approximate surface area is 186 Å². The van der Waals surface area contributed by atoms with Crippen molar-refractivity contribution >= 4 is 23.2 Å². The van der Waals surface area contributed by atoms with Crippen LogP contribution in [0.1, 0.15) is 62.7 Å². The predicted octanol–water partition coefficient (Wildman–Crippen LogP) is 6.16. The zero-order chi connectivity index (χ0) is 20.7. The van der Waals surface area contributed by atoms with Gasteiger partial charge in [0.1, 0.15) is 11.5 Å². The summed E-state index contributed by atoms with van der Waals surface area (Å²) in [6, 6.07) is 5.48. The summed E-state index contributed by atoms with van der Waals surface area (Å²) in [5, 5.41) is 5.50. The highest BCUT2D eigenvalue weighted by molar-refractivity contribution is 6.39. The second kappa shape index (κ2) is 8.44. The first-order valence-corrected chi connectivity index (χ1v) is 11.6. The van der Waals surface area contributed by atoms with Crippen LogP contribution >= 0.6 is 23.2 Å². The van der Waals surface area contributed by atoms with Gasteiger partial charge >= 0.3 is 0 Å². The summed E-state index contributed by atoms with van der Waals surface area (Å²) in [6.07, 6.45) is 6.41. The van der Waals surface area contributed by atoms with Crippen LogP contribution in [0.2, 0.25) is 10.0 Å². The Bertz CT molecular complexity index is 874. The minimum atomic E-state index is -0.337. The van der Waals surface area contributed by atoms with Crippen molar-refractivity contribution in [2.75, 3.05) is 13.2 Å². The van der Waals surface area contributed by atoms with E-state index in [9.17, 15) is 0 Å². The summed E-state index contributed by atoms with van der Waals surface area (Å²) in [6.45, 7) is 3.89. The van der Waals surface area contributed by atoms with Crippen molar-refractivity contribution in [3.63, 3.8) is 0 Å². The Hall–Kier alpha value is -1.11. The lowest BCUT2D eigenvalue weighted by Gasteiger charge is -2.32. The van der Waals surface area contributed by atoms with Gasteiger partial charge in [0.15, 0.2) is 0 Å². The van der Waals surface area contributed by atoms with Gasteiger partial charge in [0.2, 0.25) is 0 Å². The van der Waals surface area contributed by atoms with E-state index in [2.05, 4.69) is 12.1 Å². The molecule has 30 heavy (non-hydrogen) atoms. The molecule has 1 aliphatic heterocycles. The average Bonchev–Trinajstić information content (AvgIpc) is 3.47. The molecule has 2 bridgehead atoms. The maximum absolute atomic E-state index is 6.60. The number of halogens is 2. The van der Waals surface area contributed by atoms with Gasteiger partial charge in [-0.2, -0.15) is 0 Å². The van der Waals surface area contributed by atoms with E-state index in [0.717, 1.165) is 49.8 Å². The molecular formula is C23H27Cl2NO4. The first-order valence-electron chi connectivity index (χ1n) is 10.8. The summed E-state index contributed by atoms with van der Waals surface area (Å²) in [4.78, 5) is 0. The standard InChI is InChI=1S/C23H27Cl2NO4/c1-23(11-15-7-8-16(12-23)28-10-9-27-15)29-13-17-21(26-30-22(17)14-5-6-14)20-18(24)3-2-4-19(20)25/h2-4,14-16H,5-13H2,1H3/t15-,16-/m0/s1. The topological polar surface area (TPSA) is 53.7 Å². The summed E-state index contributed by atoms with van der Waals surface area (Å²) in [5.74, 6) is 1.31. The number of fused-ring (bicyclic) bond motifs is 3. The molecule has 0 spiro atoms. The van der Waals surface area contributed by atoms with Crippen LogP contribution < -0.4 is 0 Å². The lowest BCUT2D eigenvalue weighted by Crippen LogP contribution is -2.34. The molecule has 7 heteroatoms. The van der Waals surface area contributed by atoms with Crippen LogP contribution in [-0.2, 0) is 20.8 Å². The second-order valence-corrected chi connectivity index (χ2v) is 9.77. The molecule has 2 aromatic rings. The van der Waals surface area contributed by atoms with Crippen molar-refractivity contribution < 1.29 is 18.7 Å². The lowest BCUT2D eigenvalue weighted by molar-refractivity contribution is -0.0843. The number of nitrogens with zero attached hydrogens (tertiary/aromatic N) is 1. The zero-order valence-corrected chi connectivity index (χ0v) is 18.7. The van der Waals surface area contributed by atoms with Gasteiger partial charge in [-0.3, -0.25) is 0 Å². The number of benzene rings is 1. The van der Waals surface area contributed by atoms with Crippen molar-refractivity contribution in [3.8, 4) is 11.3 Å². The smallest absolute Gasteiger partial charge is 0.145 e. The van der Waals surface area contributed by atoms with E-state index in [1.54, 1.807) is 0 Å². The third-order valence-corrected chi connectivity index (χ3v) is 7.08. The van der Waals surface area contributed by atoms with Gasteiger partial charge < -0.3 is 18.7 Å². The normalized spacial score (nSPS) is 26.2. The fourth-order valence-corrected chi connectivity index (χ4v) is 5.33. The quantitative estimate of drug-likeness (QED) is 0.544. The monoisotopic (exact) mass is 451 g/mol. The van der Waals surface area contributed by atoms with E-state index in [-0.39, 0.29) is 17.8 Å². The molecule has 162 valence electrons. The highest BCUT2D eigenvalue weighted by atomic mass is 35.5. The van der Waals surface area contributed by atoms with Crippen molar-refractivity contribution in [2.45, 2.75) is 75.8 Å². The largest absolute Gasteiger partial charge is 0.376 e.